The molecule has 3 aromatic carbocycles. The van der Waals surface area contributed by atoms with Crippen molar-refractivity contribution in [2.75, 3.05) is 12.4 Å². The third-order valence-corrected chi connectivity index (χ3v) is 4.91. The van der Waals surface area contributed by atoms with Crippen molar-refractivity contribution >= 4 is 23.5 Å². The Balaban J connectivity index is 1.75. The van der Waals surface area contributed by atoms with Gasteiger partial charge in [-0.2, -0.15) is 0 Å². The van der Waals surface area contributed by atoms with E-state index in [0.29, 0.717) is 29.1 Å². The molecule has 0 spiro atoms. The standard InChI is InChI=1S/C26H28N2O3/c1-3-4-10-26(30)28-23-13-12-22(17-25(23)31-2)27-18-21-16-20(11-14-24(21)29)15-19-8-6-5-7-9-19/h5-9,11-14,16-18,29H,3-4,10,15H2,1-2H3,(H,28,30). The van der Waals surface area contributed by atoms with Crippen molar-refractivity contribution < 1.29 is 14.6 Å². The van der Waals surface area contributed by atoms with Crippen LogP contribution in [0.3, 0.4) is 0 Å². The fraction of sp³-hybridized carbons (Fsp3) is 0.231. The van der Waals surface area contributed by atoms with E-state index in [0.717, 1.165) is 24.8 Å². The molecule has 0 aliphatic carbocycles. The Labute approximate surface area is 183 Å². The molecular weight excluding hydrogens is 388 g/mol. The molecule has 1 amide bonds. The minimum Gasteiger partial charge on any atom is -0.507 e. The Kier molecular flexibility index (Phi) is 7.82. The molecule has 0 unspecified atom stereocenters. The number of carbonyl (C=O) groups excluding carboxylic acids is 1. The minimum absolute atomic E-state index is 0.0310. The van der Waals surface area contributed by atoms with Crippen molar-refractivity contribution in [3.8, 4) is 11.5 Å². The summed E-state index contributed by atoms with van der Waals surface area (Å²) in [6.45, 7) is 2.05. The van der Waals surface area contributed by atoms with Crippen molar-refractivity contribution in [2.24, 2.45) is 4.99 Å². The first kappa shape index (κ1) is 22.1. The summed E-state index contributed by atoms with van der Waals surface area (Å²) < 4.78 is 5.41. The number of phenols is 1. The second-order valence-electron chi connectivity index (χ2n) is 7.35. The maximum absolute atomic E-state index is 12.0. The molecule has 5 nitrogen and oxygen atoms in total. The van der Waals surface area contributed by atoms with Gasteiger partial charge in [0.05, 0.1) is 18.5 Å². The lowest BCUT2D eigenvalue weighted by atomic mass is 10.0. The number of methoxy groups -OCH3 is 1. The number of benzene rings is 3. The normalized spacial score (nSPS) is 10.9. The van der Waals surface area contributed by atoms with Gasteiger partial charge in [-0.05, 0) is 48.2 Å². The van der Waals surface area contributed by atoms with E-state index >= 15 is 0 Å². The van der Waals surface area contributed by atoms with Crippen molar-refractivity contribution in [1.82, 2.24) is 0 Å². The number of aliphatic imine (C=N–C) groups is 1. The smallest absolute Gasteiger partial charge is 0.224 e. The van der Waals surface area contributed by atoms with Crippen LogP contribution in [0.25, 0.3) is 0 Å². The van der Waals surface area contributed by atoms with Gasteiger partial charge in [0.25, 0.3) is 0 Å². The molecule has 0 aliphatic rings. The molecule has 2 N–H and O–H groups in total. The van der Waals surface area contributed by atoms with Gasteiger partial charge >= 0.3 is 0 Å². The number of phenolic OH excluding ortho intramolecular Hbond substituents is 1. The number of hydrogen-bond donors (Lipinski definition) is 2. The van der Waals surface area contributed by atoms with Crippen LogP contribution in [-0.2, 0) is 11.2 Å². The van der Waals surface area contributed by atoms with Crippen molar-refractivity contribution in [3.05, 3.63) is 83.4 Å². The summed E-state index contributed by atoms with van der Waals surface area (Å²) in [7, 11) is 1.56. The van der Waals surface area contributed by atoms with E-state index in [4.69, 9.17) is 4.74 Å². The first-order valence-electron chi connectivity index (χ1n) is 10.5. The molecule has 3 rings (SSSR count). The highest BCUT2D eigenvalue weighted by Crippen LogP contribution is 2.30. The van der Waals surface area contributed by atoms with Gasteiger partial charge in [0.2, 0.25) is 5.91 Å². The van der Waals surface area contributed by atoms with E-state index in [-0.39, 0.29) is 11.7 Å². The molecule has 0 saturated heterocycles. The van der Waals surface area contributed by atoms with Crippen LogP contribution in [-0.4, -0.2) is 24.3 Å². The van der Waals surface area contributed by atoms with Gasteiger partial charge < -0.3 is 15.2 Å². The zero-order chi connectivity index (χ0) is 22.1. The Morgan fingerprint density at radius 1 is 1.06 bits per heavy atom. The lowest BCUT2D eigenvalue weighted by Gasteiger charge is -2.10. The molecule has 0 bridgehead atoms. The predicted molar refractivity (Wildman–Crippen MR) is 126 cm³/mol. The molecule has 0 radical (unpaired) electrons. The van der Waals surface area contributed by atoms with Gasteiger partial charge in [0, 0.05) is 24.3 Å². The number of hydrogen-bond acceptors (Lipinski definition) is 4. The fourth-order valence-electron chi connectivity index (χ4n) is 3.21. The summed E-state index contributed by atoms with van der Waals surface area (Å²) in [5.74, 6) is 0.686. The Hall–Kier alpha value is -3.60. The topological polar surface area (TPSA) is 70.9 Å². The van der Waals surface area contributed by atoms with Crippen LogP contribution in [0, 0.1) is 0 Å². The number of amides is 1. The number of rotatable bonds is 9. The van der Waals surface area contributed by atoms with Crippen LogP contribution in [0.5, 0.6) is 11.5 Å². The lowest BCUT2D eigenvalue weighted by molar-refractivity contribution is -0.116. The summed E-state index contributed by atoms with van der Waals surface area (Å²) in [6.07, 6.45) is 4.72. The monoisotopic (exact) mass is 416 g/mol. The van der Waals surface area contributed by atoms with Crippen molar-refractivity contribution in [2.45, 2.75) is 32.6 Å². The maximum Gasteiger partial charge on any atom is 0.224 e. The van der Waals surface area contributed by atoms with E-state index in [1.165, 1.54) is 5.56 Å². The number of anilines is 1. The number of carbonyl (C=O) groups is 1. The summed E-state index contributed by atoms with van der Waals surface area (Å²) in [6, 6.07) is 21.1. The Morgan fingerprint density at radius 3 is 2.61 bits per heavy atom. The third-order valence-electron chi connectivity index (χ3n) is 4.91. The highest BCUT2D eigenvalue weighted by atomic mass is 16.5. The average molecular weight is 417 g/mol. The molecule has 31 heavy (non-hydrogen) atoms. The number of nitrogens with zero attached hydrogens (tertiary/aromatic N) is 1. The van der Waals surface area contributed by atoms with Gasteiger partial charge in [-0.3, -0.25) is 9.79 Å². The maximum atomic E-state index is 12.0. The number of ether oxygens (including phenoxy) is 1. The van der Waals surface area contributed by atoms with E-state index in [1.54, 1.807) is 37.6 Å². The van der Waals surface area contributed by atoms with Crippen LogP contribution < -0.4 is 10.1 Å². The highest BCUT2D eigenvalue weighted by molar-refractivity contribution is 5.93. The van der Waals surface area contributed by atoms with Crippen LogP contribution in [0.2, 0.25) is 0 Å². The summed E-state index contributed by atoms with van der Waals surface area (Å²) in [5.41, 5.74) is 4.22. The van der Waals surface area contributed by atoms with E-state index in [1.807, 2.05) is 30.3 Å². The van der Waals surface area contributed by atoms with Gasteiger partial charge in [-0.15, -0.1) is 0 Å². The molecule has 0 saturated carbocycles. The third kappa shape index (κ3) is 6.44. The van der Waals surface area contributed by atoms with Crippen molar-refractivity contribution in [3.63, 3.8) is 0 Å². The average Bonchev–Trinajstić information content (AvgIpc) is 2.79. The molecule has 160 valence electrons. The quantitative estimate of drug-likeness (QED) is 0.429. The van der Waals surface area contributed by atoms with Crippen LogP contribution in [0.1, 0.15) is 42.9 Å². The Bertz CT molecular complexity index is 1050. The minimum atomic E-state index is -0.0310. The molecule has 0 atom stereocenters. The van der Waals surface area contributed by atoms with E-state index in [9.17, 15) is 9.90 Å². The largest absolute Gasteiger partial charge is 0.507 e. The second-order valence-corrected chi connectivity index (χ2v) is 7.35. The lowest BCUT2D eigenvalue weighted by Crippen LogP contribution is -2.11. The van der Waals surface area contributed by atoms with Crippen LogP contribution >= 0.6 is 0 Å². The highest BCUT2D eigenvalue weighted by Gasteiger charge is 2.08. The number of unbranched alkanes of at least 4 members (excludes halogenated alkanes) is 1. The van der Waals surface area contributed by atoms with Crippen molar-refractivity contribution in [1.29, 1.82) is 0 Å². The summed E-state index contributed by atoms with van der Waals surface area (Å²) >= 11 is 0. The van der Waals surface area contributed by atoms with Gasteiger partial charge in [-0.1, -0.05) is 49.7 Å². The molecule has 0 heterocycles. The number of aromatic hydroxyl groups is 1. The SMILES string of the molecule is CCCCC(=O)Nc1ccc(N=Cc2cc(Cc3ccccc3)ccc2O)cc1OC. The van der Waals surface area contributed by atoms with Gasteiger partial charge in [0.15, 0.2) is 0 Å². The Morgan fingerprint density at radius 2 is 1.87 bits per heavy atom. The first-order valence-corrected chi connectivity index (χ1v) is 10.5. The van der Waals surface area contributed by atoms with Crippen LogP contribution in [0.4, 0.5) is 11.4 Å². The van der Waals surface area contributed by atoms with Crippen LogP contribution in [0.15, 0.2) is 71.7 Å². The zero-order valence-electron chi connectivity index (χ0n) is 18.0. The van der Waals surface area contributed by atoms with Gasteiger partial charge in [0.1, 0.15) is 11.5 Å². The molecule has 0 aromatic heterocycles. The second kappa shape index (κ2) is 11.0. The zero-order valence-corrected chi connectivity index (χ0v) is 18.0. The molecular formula is C26H28N2O3. The summed E-state index contributed by atoms with van der Waals surface area (Å²) in [4.78, 5) is 16.5. The van der Waals surface area contributed by atoms with E-state index < -0.39 is 0 Å². The number of nitrogens with one attached hydrogen (secondary N) is 1. The first-order chi connectivity index (χ1) is 15.1. The predicted octanol–water partition coefficient (Wildman–Crippen LogP) is 5.87. The fourth-order valence-corrected chi connectivity index (χ4v) is 3.21. The van der Waals surface area contributed by atoms with E-state index in [2.05, 4.69) is 29.4 Å². The molecule has 0 fully saturated rings. The molecule has 5 heteroatoms. The van der Waals surface area contributed by atoms with Gasteiger partial charge in [-0.25, -0.2) is 0 Å². The molecule has 3 aromatic rings. The molecule has 0 aliphatic heterocycles. The summed E-state index contributed by atoms with van der Waals surface area (Å²) in [5, 5.41) is 13.1.